The Morgan fingerprint density at radius 1 is 1.18 bits per heavy atom. The highest BCUT2D eigenvalue weighted by Crippen LogP contribution is 2.15. The molecule has 1 saturated heterocycles. The molecular formula is C17H27N3OS. The monoisotopic (exact) mass is 321 g/mol. The molecule has 0 bridgehead atoms. The minimum atomic E-state index is -0.0189. The average Bonchev–Trinajstić information content (AvgIpc) is 2.56. The van der Waals surface area contributed by atoms with Gasteiger partial charge in [0.25, 0.3) is 0 Å². The first-order chi connectivity index (χ1) is 10.6. The van der Waals surface area contributed by atoms with E-state index in [4.69, 9.17) is 0 Å². The van der Waals surface area contributed by atoms with E-state index in [2.05, 4.69) is 34.2 Å². The summed E-state index contributed by atoms with van der Waals surface area (Å²) in [5.74, 6) is 0.0657. The van der Waals surface area contributed by atoms with Crippen LogP contribution >= 0.6 is 11.8 Å². The second kappa shape index (κ2) is 8.56. The van der Waals surface area contributed by atoms with Gasteiger partial charge in [-0.2, -0.15) is 11.8 Å². The van der Waals surface area contributed by atoms with Crippen molar-refractivity contribution in [3.05, 3.63) is 29.8 Å². The van der Waals surface area contributed by atoms with Crippen LogP contribution in [0.5, 0.6) is 0 Å². The molecule has 1 atom stereocenters. The van der Waals surface area contributed by atoms with Gasteiger partial charge in [0.15, 0.2) is 0 Å². The lowest BCUT2D eigenvalue weighted by molar-refractivity contribution is -0.115. The van der Waals surface area contributed by atoms with Gasteiger partial charge in [-0.25, -0.2) is 0 Å². The quantitative estimate of drug-likeness (QED) is 0.873. The molecule has 0 aliphatic carbocycles. The van der Waals surface area contributed by atoms with Gasteiger partial charge in [0, 0.05) is 38.4 Å². The van der Waals surface area contributed by atoms with Crippen molar-refractivity contribution in [3.63, 3.8) is 0 Å². The van der Waals surface area contributed by atoms with Crippen molar-refractivity contribution in [2.24, 2.45) is 0 Å². The molecule has 1 aliphatic rings. The first-order valence-electron chi connectivity index (χ1n) is 7.99. The fraction of sp³-hybridized carbons (Fsp3) is 0.588. The smallest absolute Gasteiger partial charge is 0.237 e. The summed E-state index contributed by atoms with van der Waals surface area (Å²) >= 11 is 1.56. The number of carbonyl (C=O) groups excluding carboxylic acids is 1. The predicted octanol–water partition coefficient (Wildman–Crippen LogP) is 2.51. The van der Waals surface area contributed by atoms with Crippen molar-refractivity contribution in [1.29, 1.82) is 0 Å². The topological polar surface area (TPSA) is 35.6 Å². The Labute approximate surface area is 138 Å². The van der Waals surface area contributed by atoms with Crippen LogP contribution in [0.4, 0.5) is 5.69 Å². The van der Waals surface area contributed by atoms with E-state index in [0.29, 0.717) is 0 Å². The third-order valence-electron chi connectivity index (χ3n) is 4.26. The number of carbonyl (C=O) groups is 1. The molecule has 2 rings (SSSR count). The zero-order valence-corrected chi connectivity index (χ0v) is 14.7. The zero-order chi connectivity index (χ0) is 15.9. The lowest BCUT2D eigenvalue weighted by atomic mass is 10.1. The number of hydrogen-bond acceptors (Lipinski definition) is 4. The summed E-state index contributed by atoms with van der Waals surface area (Å²) < 4.78 is 0. The normalized spacial score (nSPS) is 18.1. The predicted molar refractivity (Wildman–Crippen MR) is 95.4 cm³/mol. The Hall–Kier alpha value is -1.04. The molecule has 22 heavy (non-hydrogen) atoms. The van der Waals surface area contributed by atoms with Crippen molar-refractivity contribution in [3.8, 4) is 0 Å². The zero-order valence-electron chi connectivity index (χ0n) is 13.8. The summed E-state index contributed by atoms with van der Waals surface area (Å²) in [5, 5.41) is 2.94. The molecule has 1 aromatic carbocycles. The summed E-state index contributed by atoms with van der Waals surface area (Å²) in [4.78, 5) is 16.8. The van der Waals surface area contributed by atoms with Crippen LogP contribution in [0.15, 0.2) is 24.3 Å². The van der Waals surface area contributed by atoms with Crippen LogP contribution in [0, 0.1) is 0 Å². The van der Waals surface area contributed by atoms with E-state index in [9.17, 15) is 4.79 Å². The Balaban J connectivity index is 1.83. The first kappa shape index (κ1) is 17.3. The van der Waals surface area contributed by atoms with Crippen LogP contribution in [0.1, 0.15) is 19.4 Å². The highest BCUT2D eigenvalue weighted by Gasteiger charge is 2.15. The van der Waals surface area contributed by atoms with Gasteiger partial charge in [-0.15, -0.1) is 0 Å². The standard InChI is InChI=1S/C17H27N3OS/c1-4-19-9-11-20(12-10-19)13-15-5-7-16(8-6-15)18-17(21)14(2)22-3/h5-8,14H,4,9-13H2,1-3H3,(H,18,21). The second-order valence-corrected chi connectivity index (χ2v) is 6.95. The number of hydrogen-bond donors (Lipinski definition) is 1. The van der Waals surface area contributed by atoms with Gasteiger partial charge in [-0.1, -0.05) is 19.1 Å². The van der Waals surface area contributed by atoms with E-state index in [1.54, 1.807) is 11.8 Å². The molecule has 0 saturated carbocycles. The lowest BCUT2D eigenvalue weighted by Gasteiger charge is -2.34. The molecule has 1 N–H and O–H groups in total. The molecule has 1 amide bonds. The van der Waals surface area contributed by atoms with Crippen LogP contribution in [0.25, 0.3) is 0 Å². The maximum Gasteiger partial charge on any atom is 0.237 e. The van der Waals surface area contributed by atoms with Gasteiger partial charge in [0.1, 0.15) is 0 Å². The van der Waals surface area contributed by atoms with E-state index in [0.717, 1.165) is 45.0 Å². The number of piperazine rings is 1. The van der Waals surface area contributed by atoms with Gasteiger partial charge in [0.05, 0.1) is 5.25 Å². The van der Waals surface area contributed by atoms with Crippen LogP contribution in [0.2, 0.25) is 0 Å². The Morgan fingerprint density at radius 3 is 2.32 bits per heavy atom. The van der Waals surface area contributed by atoms with Crippen LogP contribution in [-0.4, -0.2) is 59.9 Å². The number of nitrogens with zero attached hydrogens (tertiary/aromatic N) is 2. The maximum absolute atomic E-state index is 11.9. The second-order valence-electron chi connectivity index (χ2n) is 5.77. The van der Waals surface area contributed by atoms with E-state index in [1.807, 2.05) is 25.3 Å². The third-order valence-corrected chi connectivity index (χ3v) is 5.18. The molecule has 0 spiro atoms. The summed E-state index contributed by atoms with van der Waals surface area (Å²) in [5.41, 5.74) is 2.19. The molecule has 4 nitrogen and oxygen atoms in total. The summed E-state index contributed by atoms with van der Waals surface area (Å²) in [6.45, 7) is 10.9. The minimum Gasteiger partial charge on any atom is -0.325 e. The molecule has 0 radical (unpaired) electrons. The van der Waals surface area contributed by atoms with Crippen molar-refractivity contribution in [2.75, 3.05) is 44.3 Å². The number of nitrogens with one attached hydrogen (secondary N) is 1. The fourth-order valence-corrected chi connectivity index (χ4v) is 2.84. The average molecular weight is 321 g/mol. The van der Waals surface area contributed by atoms with E-state index in [-0.39, 0.29) is 11.2 Å². The Morgan fingerprint density at radius 2 is 1.77 bits per heavy atom. The van der Waals surface area contributed by atoms with E-state index < -0.39 is 0 Å². The lowest BCUT2D eigenvalue weighted by Crippen LogP contribution is -2.45. The largest absolute Gasteiger partial charge is 0.325 e. The van der Waals surface area contributed by atoms with Gasteiger partial charge in [-0.05, 0) is 37.4 Å². The van der Waals surface area contributed by atoms with E-state index >= 15 is 0 Å². The minimum absolute atomic E-state index is 0.0189. The van der Waals surface area contributed by atoms with Crippen molar-refractivity contribution in [1.82, 2.24) is 9.80 Å². The molecule has 1 unspecified atom stereocenters. The molecule has 0 aromatic heterocycles. The number of benzene rings is 1. The number of anilines is 1. The van der Waals surface area contributed by atoms with Crippen LogP contribution < -0.4 is 5.32 Å². The summed E-state index contributed by atoms with van der Waals surface area (Å²) in [7, 11) is 0. The van der Waals surface area contributed by atoms with Gasteiger partial charge >= 0.3 is 0 Å². The van der Waals surface area contributed by atoms with Gasteiger partial charge in [0.2, 0.25) is 5.91 Å². The molecule has 5 heteroatoms. The number of thioether (sulfide) groups is 1. The summed E-state index contributed by atoms with van der Waals surface area (Å²) in [6, 6.07) is 8.24. The van der Waals surface area contributed by atoms with Crippen molar-refractivity contribution in [2.45, 2.75) is 25.6 Å². The number of likely N-dealkylation sites (N-methyl/N-ethyl adjacent to an activating group) is 1. The van der Waals surface area contributed by atoms with Crippen molar-refractivity contribution >= 4 is 23.4 Å². The maximum atomic E-state index is 11.9. The first-order valence-corrected chi connectivity index (χ1v) is 9.28. The molecule has 122 valence electrons. The third kappa shape index (κ3) is 5.00. The van der Waals surface area contributed by atoms with Gasteiger partial charge < -0.3 is 10.2 Å². The highest BCUT2D eigenvalue weighted by molar-refractivity contribution is 7.99. The molecule has 1 fully saturated rings. The molecule has 1 aliphatic heterocycles. The number of amides is 1. The molecule has 1 aromatic rings. The SMILES string of the molecule is CCN1CCN(Cc2ccc(NC(=O)C(C)SC)cc2)CC1. The Bertz CT molecular complexity index is 469. The Kier molecular flexibility index (Phi) is 6.73. The van der Waals surface area contributed by atoms with Gasteiger partial charge in [-0.3, -0.25) is 9.69 Å². The van der Waals surface area contributed by atoms with Crippen LogP contribution in [-0.2, 0) is 11.3 Å². The highest BCUT2D eigenvalue weighted by atomic mass is 32.2. The number of rotatable bonds is 6. The summed E-state index contributed by atoms with van der Waals surface area (Å²) in [6.07, 6.45) is 1.95. The molecule has 1 heterocycles. The molecular weight excluding hydrogens is 294 g/mol. The van der Waals surface area contributed by atoms with Crippen molar-refractivity contribution < 1.29 is 4.79 Å². The van der Waals surface area contributed by atoms with E-state index in [1.165, 1.54) is 5.56 Å². The van der Waals surface area contributed by atoms with Crippen LogP contribution in [0.3, 0.4) is 0 Å². The fourth-order valence-electron chi connectivity index (χ4n) is 2.57.